The Bertz CT molecular complexity index is 905. The molecular formula is C20H23N5O. The minimum Gasteiger partial charge on any atom is -0.361 e. The van der Waals surface area contributed by atoms with Gasteiger partial charge in [0.1, 0.15) is 0 Å². The van der Waals surface area contributed by atoms with Crippen LogP contribution in [0.5, 0.6) is 0 Å². The van der Waals surface area contributed by atoms with E-state index in [4.69, 9.17) is 0 Å². The van der Waals surface area contributed by atoms with Crippen LogP contribution in [0.15, 0.2) is 42.9 Å². The highest BCUT2D eigenvalue weighted by Gasteiger charge is 2.23. The Morgan fingerprint density at radius 1 is 1.31 bits per heavy atom. The molecule has 2 aromatic heterocycles. The Labute approximate surface area is 152 Å². The highest BCUT2D eigenvalue weighted by Crippen LogP contribution is 2.22. The molecule has 3 aromatic rings. The van der Waals surface area contributed by atoms with E-state index in [1.54, 1.807) is 12.4 Å². The Kier molecular flexibility index (Phi) is 4.56. The van der Waals surface area contributed by atoms with Crippen LogP contribution in [0.4, 0.5) is 5.95 Å². The highest BCUT2D eigenvalue weighted by molar-refractivity contribution is 5.91. The van der Waals surface area contributed by atoms with Gasteiger partial charge in [-0.1, -0.05) is 12.1 Å². The topological polar surface area (TPSA) is 73.9 Å². The molecule has 134 valence electrons. The van der Waals surface area contributed by atoms with Crippen molar-refractivity contribution in [3.63, 3.8) is 0 Å². The lowest BCUT2D eigenvalue weighted by Gasteiger charge is -2.33. The number of carbonyl (C=O) groups is 1. The lowest BCUT2D eigenvalue weighted by atomic mass is 10.0. The van der Waals surface area contributed by atoms with Gasteiger partial charge in [0.15, 0.2) is 0 Å². The number of hydrogen-bond acceptors (Lipinski definition) is 4. The van der Waals surface area contributed by atoms with Crippen molar-refractivity contribution in [2.45, 2.75) is 32.2 Å². The fourth-order valence-corrected chi connectivity index (χ4v) is 3.77. The number of nitrogens with one attached hydrogen (secondary N) is 2. The van der Waals surface area contributed by atoms with Gasteiger partial charge in [-0.2, -0.15) is 0 Å². The molecule has 0 bridgehead atoms. The second-order valence-corrected chi connectivity index (χ2v) is 6.89. The SMILES string of the molecule is Cc1cccc2[nH]cc(CC(=O)N[C@H]3CCCN(c4ncccn4)C3)c12. The number of aryl methyl sites for hydroxylation is 1. The molecule has 3 heterocycles. The maximum absolute atomic E-state index is 12.6. The average Bonchev–Trinajstić information content (AvgIpc) is 3.07. The highest BCUT2D eigenvalue weighted by atomic mass is 16.1. The van der Waals surface area contributed by atoms with Crippen molar-refractivity contribution in [3.05, 3.63) is 54.0 Å². The number of fused-ring (bicyclic) bond motifs is 1. The summed E-state index contributed by atoms with van der Waals surface area (Å²) in [6, 6.07) is 8.10. The number of anilines is 1. The number of hydrogen-bond donors (Lipinski definition) is 2. The molecule has 1 aliphatic heterocycles. The van der Waals surface area contributed by atoms with Crippen LogP contribution in [-0.4, -0.2) is 40.0 Å². The Balaban J connectivity index is 1.41. The van der Waals surface area contributed by atoms with Crippen molar-refractivity contribution < 1.29 is 4.79 Å². The van der Waals surface area contributed by atoms with E-state index in [0.29, 0.717) is 6.42 Å². The van der Waals surface area contributed by atoms with Gasteiger partial charge in [-0.05, 0) is 43.0 Å². The fraction of sp³-hybridized carbons (Fsp3) is 0.350. The van der Waals surface area contributed by atoms with Gasteiger partial charge < -0.3 is 15.2 Å². The van der Waals surface area contributed by atoms with Crippen molar-refractivity contribution in [2.24, 2.45) is 0 Å². The van der Waals surface area contributed by atoms with E-state index >= 15 is 0 Å². The third kappa shape index (κ3) is 3.40. The van der Waals surface area contributed by atoms with Crippen LogP contribution in [0, 0.1) is 6.92 Å². The predicted octanol–water partition coefficient (Wildman–Crippen LogP) is 2.59. The lowest BCUT2D eigenvalue weighted by molar-refractivity contribution is -0.121. The average molecular weight is 349 g/mol. The lowest BCUT2D eigenvalue weighted by Crippen LogP contribution is -2.48. The summed E-state index contributed by atoms with van der Waals surface area (Å²) < 4.78 is 0. The van der Waals surface area contributed by atoms with Crippen LogP contribution in [0.25, 0.3) is 10.9 Å². The fourth-order valence-electron chi connectivity index (χ4n) is 3.77. The molecule has 1 aromatic carbocycles. The zero-order valence-corrected chi connectivity index (χ0v) is 14.9. The smallest absolute Gasteiger partial charge is 0.225 e. The van der Waals surface area contributed by atoms with Crippen LogP contribution in [0.2, 0.25) is 0 Å². The molecule has 0 spiro atoms. The van der Waals surface area contributed by atoms with Gasteiger partial charge in [-0.3, -0.25) is 4.79 Å². The van der Waals surface area contributed by atoms with Crippen LogP contribution in [-0.2, 0) is 11.2 Å². The molecule has 4 rings (SSSR count). The van der Waals surface area contributed by atoms with E-state index in [1.807, 2.05) is 24.4 Å². The molecule has 0 saturated carbocycles. The molecule has 1 atom stereocenters. The van der Waals surface area contributed by atoms with Gasteiger partial charge in [-0.25, -0.2) is 9.97 Å². The minimum absolute atomic E-state index is 0.0648. The largest absolute Gasteiger partial charge is 0.361 e. The molecule has 1 aliphatic rings. The van der Waals surface area contributed by atoms with Gasteiger partial charge in [0.2, 0.25) is 11.9 Å². The maximum atomic E-state index is 12.6. The molecule has 0 radical (unpaired) electrons. The van der Waals surface area contributed by atoms with Crippen molar-refractivity contribution in [1.82, 2.24) is 20.3 Å². The van der Waals surface area contributed by atoms with E-state index in [9.17, 15) is 4.79 Å². The first-order chi connectivity index (χ1) is 12.7. The van der Waals surface area contributed by atoms with E-state index in [1.165, 1.54) is 5.56 Å². The number of piperidine rings is 1. The van der Waals surface area contributed by atoms with Crippen LogP contribution in [0.1, 0.15) is 24.0 Å². The summed E-state index contributed by atoms with van der Waals surface area (Å²) >= 11 is 0. The second kappa shape index (κ2) is 7.15. The number of benzene rings is 1. The predicted molar refractivity (Wildman–Crippen MR) is 102 cm³/mol. The summed E-state index contributed by atoms with van der Waals surface area (Å²) in [5.74, 6) is 0.800. The van der Waals surface area contributed by atoms with Gasteiger partial charge in [0.25, 0.3) is 0 Å². The first kappa shape index (κ1) is 16.6. The molecule has 6 heteroatoms. The van der Waals surface area contributed by atoms with E-state index in [2.05, 4.69) is 38.2 Å². The van der Waals surface area contributed by atoms with Gasteiger partial charge >= 0.3 is 0 Å². The number of rotatable bonds is 4. The van der Waals surface area contributed by atoms with Gasteiger partial charge in [0.05, 0.1) is 6.42 Å². The third-order valence-corrected chi connectivity index (χ3v) is 4.97. The molecule has 0 aliphatic carbocycles. The second-order valence-electron chi connectivity index (χ2n) is 6.89. The van der Waals surface area contributed by atoms with E-state index < -0.39 is 0 Å². The number of amides is 1. The Hall–Kier alpha value is -2.89. The molecule has 0 unspecified atom stereocenters. The summed E-state index contributed by atoms with van der Waals surface area (Å²) in [4.78, 5) is 26.6. The molecule has 6 nitrogen and oxygen atoms in total. The number of nitrogens with zero attached hydrogens (tertiary/aromatic N) is 3. The summed E-state index contributed by atoms with van der Waals surface area (Å²) in [6.07, 6.45) is 7.86. The monoisotopic (exact) mass is 349 g/mol. The normalized spacial score (nSPS) is 17.4. The summed E-state index contributed by atoms with van der Waals surface area (Å²) in [5, 5.41) is 4.35. The molecule has 26 heavy (non-hydrogen) atoms. The summed E-state index contributed by atoms with van der Waals surface area (Å²) in [6.45, 7) is 3.76. The number of aromatic nitrogens is 3. The number of aromatic amines is 1. The third-order valence-electron chi connectivity index (χ3n) is 4.97. The number of carbonyl (C=O) groups excluding carboxylic acids is 1. The summed E-state index contributed by atoms with van der Waals surface area (Å²) in [7, 11) is 0. The van der Waals surface area contributed by atoms with Crippen molar-refractivity contribution in [1.29, 1.82) is 0 Å². The van der Waals surface area contributed by atoms with Gasteiger partial charge in [0, 0.05) is 48.6 Å². The molecule has 1 saturated heterocycles. The van der Waals surface area contributed by atoms with Crippen molar-refractivity contribution in [2.75, 3.05) is 18.0 Å². The molecule has 1 fully saturated rings. The maximum Gasteiger partial charge on any atom is 0.225 e. The molecular weight excluding hydrogens is 326 g/mol. The Morgan fingerprint density at radius 2 is 2.15 bits per heavy atom. The van der Waals surface area contributed by atoms with Crippen LogP contribution >= 0.6 is 0 Å². The van der Waals surface area contributed by atoms with E-state index in [-0.39, 0.29) is 11.9 Å². The quantitative estimate of drug-likeness (QED) is 0.759. The first-order valence-electron chi connectivity index (χ1n) is 9.07. The van der Waals surface area contributed by atoms with Gasteiger partial charge in [-0.15, -0.1) is 0 Å². The van der Waals surface area contributed by atoms with E-state index in [0.717, 1.165) is 48.3 Å². The minimum atomic E-state index is 0.0648. The zero-order chi connectivity index (χ0) is 17.9. The van der Waals surface area contributed by atoms with Crippen molar-refractivity contribution >= 4 is 22.8 Å². The van der Waals surface area contributed by atoms with Crippen LogP contribution < -0.4 is 10.2 Å². The first-order valence-corrected chi connectivity index (χ1v) is 9.07. The molecule has 2 N–H and O–H groups in total. The molecule has 1 amide bonds. The number of H-pyrrole nitrogens is 1. The summed E-state index contributed by atoms with van der Waals surface area (Å²) in [5.41, 5.74) is 3.32. The Morgan fingerprint density at radius 3 is 3.00 bits per heavy atom. The standard InChI is InChI=1S/C20H23N5O/c1-14-5-2-7-17-19(14)15(12-23-17)11-18(26)24-16-6-3-10-25(13-16)20-21-8-4-9-22-20/h2,4-5,7-9,12,16,23H,3,6,10-11,13H2,1H3,(H,24,26)/t16-/m0/s1. The van der Waals surface area contributed by atoms with Crippen molar-refractivity contribution in [3.8, 4) is 0 Å². The van der Waals surface area contributed by atoms with Crippen LogP contribution in [0.3, 0.4) is 0 Å². The zero-order valence-electron chi connectivity index (χ0n) is 14.9.